The van der Waals surface area contributed by atoms with Crippen molar-refractivity contribution in [2.75, 3.05) is 23.1 Å². The van der Waals surface area contributed by atoms with Gasteiger partial charge in [-0.25, -0.2) is 8.42 Å². The molecule has 0 spiro atoms. The van der Waals surface area contributed by atoms with Crippen LogP contribution in [0.1, 0.15) is 15.9 Å². The Labute approximate surface area is 191 Å². The molecule has 0 fully saturated rings. The summed E-state index contributed by atoms with van der Waals surface area (Å²) in [6.45, 7) is 1.77. The van der Waals surface area contributed by atoms with Gasteiger partial charge in [0, 0.05) is 17.3 Å². The van der Waals surface area contributed by atoms with Gasteiger partial charge in [0.25, 0.3) is 5.91 Å². The first-order chi connectivity index (χ1) is 15.7. The van der Waals surface area contributed by atoms with E-state index in [0.717, 1.165) is 5.56 Å². The fraction of sp³-hybridized carbons (Fsp3) is 0.130. The van der Waals surface area contributed by atoms with E-state index in [9.17, 15) is 23.1 Å². The Balaban J connectivity index is 1.64. The average Bonchev–Trinajstić information content (AvgIpc) is 2.76. The third kappa shape index (κ3) is 6.31. The Morgan fingerprint density at radius 3 is 2.36 bits per heavy atom. The highest BCUT2D eigenvalue weighted by molar-refractivity contribution is 7.92. The van der Waals surface area contributed by atoms with Crippen LogP contribution in [-0.4, -0.2) is 37.8 Å². The van der Waals surface area contributed by atoms with Crippen LogP contribution in [0.2, 0.25) is 0 Å². The number of hydrogen-bond donors (Lipinski definition) is 4. The van der Waals surface area contributed by atoms with Gasteiger partial charge in [-0.3, -0.25) is 15.3 Å². The minimum absolute atomic E-state index is 0.0140. The average molecular weight is 470 g/mol. The number of nitrogens with one attached hydrogen (secondary N) is 2. The quantitative estimate of drug-likeness (QED) is 0.293. The molecule has 2 amide bonds. The van der Waals surface area contributed by atoms with Crippen molar-refractivity contribution in [3.8, 4) is 11.5 Å². The maximum Gasteiger partial charge on any atom is 0.255 e. The number of benzene rings is 3. The lowest BCUT2D eigenvalue weighted by Crippen LogP contribution is -2.23. The zero-order chi connectivity index (χ0) is 24.0. The van der Waals surface area contributed by atoms with Crippen molar-refractivity contribution in [2.24, 2.45) is 5.73 Å². The van der Waals surface area contributed by atoms with Gasteiger partial charge in [0.2, 0.25) is 5.91 Å². The van der Waals surface area contributed by atoms with E-state index in [1.165, 1.54) is 30.3 Å². The van der Waals surface area contributed by atoms with Gasteiger partial charge in [-0.2, -0.15) is 0 Å². The molecule has 3 aromatic carbocycles. The first kappa shape index (κ1) is 23.8. The highest BCUT2D eigenvalue weighted by atomic mass is 32.2. The van der Waals surface area contributed by atoms with Crippen molar-refractivity contribution in [1.29, 1.82) is 0 Å². The van der Waals surface area contributed by atoms with Gasteiger partial charge in [0.15, 0.2) is 9.84 Å². The summed E-state index contributed by atoms with van der Waals surface area (Å²) in [5.41, 5.74) is 6.69. The lowest BCUT2D eigenvalue weighted by molar-refractivity contribution is -0.113. The molecule has 3 rings (SSSR count). The van der Waals surface area contributed by atoms with E-state index >= 15 is 0 Å². The van der Waals surface area contributed by atoms with Crippen LogP contribution in [0.25, 0.3) is 0 Å². The second-order valence-corrected chi connectivity index (χ2v) is 9.13. The number of hydrogen-bond acceptors (Lipinski definition) is 7. The second-order valence-electron chi connectivity index (χ2n) is 7.15. The van der Waals surface area contributed by atoms with Crippen LogP contribution >= 0.6 is 0 Å². The molecule has 0 heterocycles. The molecule has 3 aromatic rings. The third-order valence-electron chi connectivity index (χ3n) is 4.57. The third-order valence-corrected chi connectivity index (χ3v) is 6.18. The van der Waals surface area contributed by atoms with Crippen LogP contribution in [-0.2, 0) is 14.6 Å². The largest absolute Gasteiger partial charge is 0.506 e. The molecule has 10 heteroatoms. The van der Waals surface area contributed by atoms with Crippen molar-refractivity contribution in [1.82, 2.24) is 0 Å². The topological polar surface area (TPSA) is 148 Å². The molecule has 0 radical (unpaired) electrons. The van der Waals surface area contributed by atoms with Gasteiger partial charge in [-0.15, -0.1) is 0 Å². The lowest BCUT2D eigenvalue weighted by Gasteiger charge is -2.11. The van der Waals surface area contributed by atoms with Gasteiger partial charge in [0.05, 0.1) is 10.6 Å². The summed E-state index contributed by atoms with van der Waals surface area (Å²) in [6, 6.07) is 16.6. The summed E-state index contributed by atoms with van der Waals surface area (Å²) in [6.07, 6.45) is 0. The summed E-state index contributed by atoms with van der Waals surface area (Å²) in [5, 5.41) is 15.2. The molecule has 0 aliphatic carbocycles. The van der Waals surface area contributed by atoms with E-state index in [1.54, 1.807) is 43.3 Å². The van der Waals surface area contributed by atoms with Crippen LogP contribution in [0.5, 0.6) is 11.5 Å². The van der Waals surface area contributed by atoms with E-state index < -0.39 is 27.4 Å². The number of aryl methyl sites for hydroxylation is 1. The fourth-order valence-electron chi connectivity index (χ4n) is 2.97. The van der Waals surface area contributed by atoms with Crippen molar-refractivity contribution < 1.29 is 27.9 Å². The Hall–Kier alpha value is -3.89. The normalized spacial score (nSPS) is 11.0. The first-order valence-electron chi connectivity index (χ1n) is 9.84. The molecule has 0 saturated carbocycles. The standard InChI is InChI=1S/C23H23N3O6S/c1-15-3-2-4-19(11-15)33(30,31)13-22(28)25-17-7-10-20(21(27)12-17)26-23(29)16-5-8-18(9-6-16)32-14-24/h2-12,27H,13-14,24H2,1H3,(H,25,28)(H,26,29). The molecule has 0 aromatic heterocycles. The van der Waals surface area contributed by atoms with Crippen molar-refractivity contribution in [3.05, 3.63) is 77.9 Å². The number of carbonyl (C=O) groups excluding carboxylic acids is 2. The summed E-state index contributed by atoms with van der Waals surface area (Å²) in [4.78, 5) is 24.7. The molecule has 5 N–H and O–H groups in total. The molecule has 0 aliphatic heterocycles. The lowest BCUT2D eigenvalue weighted by atomic mass is 10.2. The van der Waals surface area contributed by atoms with Gasteiger partial charge in [-0.1, -0.05) is 12.1 Å². The number of carbonyl (C=O) groups is 2. The van der Waals surface area contributed by atoms with Crippen LogP contribution in [0.15, 0.2) is 71.6 Å². The van der Waals surface area contributed by atoms with E-state index in [4.69, 9.17) is 10.5 Å². The first-order valence-corrected chi connectivity index (χ1v) is 11.5. The van der Waals surface area contributed by atoms with Crippen LogP contribution in [0.4, 0.5) is 11.4 Å². The number of ether oxygens (including phenoxy) is 1. The minimum Gasteiger partial charge on any atom is -0.506 e. The molecule has 0 unspecified atom stereocenters. The highest BCUT2D eigenvalue weighted by Gasteiger charge is 2.20. The van der Waals surface area contributed by atoms with Crippen LogP contribution in [0.3, 0.4) is 0 Å². The minimum atomic E-state index is -3.82. The maximum absolute atomic E-state index is 12.4. The van der Waals surface area contributed by atoms with E-state index in [-0.39, 0.29) is 28.8 Å². The Bertz CT molecular complexity index is 1270. The molecular formula is C23H23N3O6S. The molecule has 0 aliphatic rings. The van der Waals surface area contributed by atoms with Gasteiger partial charge >= 0.3 is 0 Å². The Kier molecular flexibility index (Phi) is 7.31. The zero-order valence-electron chi connectivity index (χ0n) is 17.7. The predicted octanol–water partition coefficient (Wildman–Crippen LogP) is 2.66. The second kappa shape index (κ2) is 10.2. The summed E-state index contributed by atoms with van der Waals surface area (Å²) >= 11 is 0. The number of sulfone groups is 1. The number of phenolic OH excluding ortho intramolecular Hbond substituents is 1. The van der Waals surface area contributed by atoms with Crippen LogP contribution in [0, 0.1) is 6.92 Å². The zero-order valence-corrected chi connectivity index (χ0v) is 18.6. The number of amides is 2. The van der Waals surface area contributed by atoms with Gasteiger partial charge in [-0.05, 0) is 61.0 Å². The number of phenols is 1. The number of anilines is 2. The number of aromatic hydroxyl groups is 1. The van der Waals surface area contributed by atoms with Crippen molar-refractivity contribution in [2.45, 2.75) is 11.8 Å². The molecular weight excluding hydrogens is 446 g/mol. The van der Waals surface area contributed by atoms with Crippen molar-refractivity contribution in [3.63, 3.8) is 0 Å². The smallest absolute Gasteiger partial charge is 0.255 e. The van der Waals surface area contributed by atoms with Gasteiger partial charge < -0.3 is 20.5 Å². The number of rotatable bonds is 8. The monoisotopic (exact) mass is 469 g/mol. The predicted molar refractivity (Wildman–Crippen MR) is 124 cm³/mol. The van der Waals surface area contributed by atoms with E-state index in [1.807, 2.05) is 0 Å². The molecule has 9 nitrogen and oxygen atoms in total. The summed E-state index contributed by atoms with van der Waals surface area (Å²) in [7, 11) is -3.82. The molecule has 0 bridgehead atoms. The Morgan fingerprint density at radius 1 is 1.00 bits per heavy atom. The van der Waals surface area contributed by atoms with Crippen LogP contribution < -0.4 is 21.1 Å². The van der Waals surface area contributed by atoms with Crippen molar-refractivity contribution >= 4 is 33.0 Å². The fourth-order valence-corrected chi connectivity index (χ4v) is 4.21. The molecule has 172 valence electrons. The van der Waals surface area contributed by atoms with Gasteiger partial charge in [0.1, 0.15) is 24.0 Å². The number of nitrogens with two attached hydrogens (primary N) is 1. The molecule has 33 heavy (non-hydrogen) atoms. The maximum atomic E-state index is 12.4. The summed E-state index contributed by atoms with van der Waals surface area (Å²) < 4.78 is 30.0. The van der Waals surface area contributed by atoms with E-state index in [2.05, 4.69) is 10.6 Å². The highest BCUT2D eigenvalue weighted by Crippen LogP contribution is 2.27. The van der Waals surface area contributed by atoms with E-state index in [0.29, 0.717) is 11.3 Å². The Morgan fingerprint density at radius 2 is 1.73 bits per heavy atom. The molecule has 0 saturated heterocycles. The molecule has 0 atom stereocenters. The summed E-state index contributed by atoms with van der Waals surface area (Å²) in [5.74, 6) is -1.76. The SMILES string of the molecule is Cc1cccc(S(=O)(=O)CC(=O)Nc2ccc(NC(=O)c3ccc(OCN)cc3)c(O)c2)c1.